The van der Waals surface area contributed by atoms with E-state index in [1.807, 2.05) is 0 Å². The molecule has 1 atom stereocenters. The number of hydrogen-bond donors (Lipinski definition) is 2. The van der Waals surface area contributed by atoms with Crippen molar-refractivity contribution in [2.24, 2.45) is 0 Å². The van der Waals surface area contributed by atoms with E-state index in [0.717, 1.165) is 22.1 Å². The number of nitrogens with zero attached hydrogens (tertiary/aromatic N) is 2. The highest BCUT2D eigenvalue weighted by Gasteiger charge is 2.21. The summed E-state index contributed by atoms with van der Waals surface area (Å²) in [5, 5.41) is 12.1. The summed E-state index contributed by atoms with van der Waals surface area (Å²) in [6, 6.07) is 7.71. The summed E-state index contributed by atoms with van der Waals surface area (Å²) >= 11 is 0.963. The molecular weight excluding hydrogens is 425 g/mol. The van der Waals surface area contributed by atoms with Crippen LogP contribution in [0.4, 0.5) is 10.1 Å². The van der Waals surface area contributed by atoms with E-state index in [1.54, 1.807) is 53.9 Å². The second-order valence-electron chi connectivity index (χ2n) is 6.16. The van der Waals surface area contributed by atoms with Crippen molar-refractivity contribution in [3.63, 3.8) is 0 Å². The lowest BCUT2D eigenvalue weighted by atomic mass is 10.2. The predicted molar refractivity (Wildman–Crippen MR) is 112 cm³/mol. The van der Waals surface area contributed by atoms with E-state index in [-0.39, 0.29) is 42.1 Å². The van der Waals surface area contributed by atoms with Crippen molar-refractivity contribution in [3.8, 4) is 0 Å². The third kappa shape index (κ3) is 5.18. The molecule has 2 heterocycles. The fraction of sp³-hybridized carbons (Fsp3) is 0.278. The first-order valence-electron chi connectivity index (χ1n) is 8.35. The summed E-state index contributed by atoms with van der Waals surface area (Å²) in [6.45, 7) is 1.98. The van der Waals surface area contributed by atoms with Gasteiger partial charge in [0.25, 0.3) is 0 Å². The van der Waals surface area contributed by atoms with Gasteiger partial charge in [0.1, 0.15) is 0 Å². The van der Waals surface area contributed by atoms with E-state index in [9.17, 15) is 17.9 Å². The van der Waals surface area contributed by atoms with Gasteiger partial charge in [-0.15, -0.1) is 23.7 Å². The van der Waals surface area contributed by atoms with Gasteiger partial charge in [0.15, 0.2) is 5.13 Å². The number of thiophene rings is 1. The Balaban J connectivity index is 0.00000280. The highest BCUT2D eigenvalue weighted by Crippen LogP contribution is 2.24. The van der Waals surface area contributed by atoms with Crippen LogP contribution in [0.15, 0.2) is 53.0 Å². The van der Waals surface area contributed by atoms with Gasteiger partial charge in [0.05, 0.1) is 17.2 Å². The van der Waals surface area contributed by atoms with Gasteiger partial charge in [-0.2, -0.15) is 4.39 Å². The van der Waals surface area contributed by atoms with Crippen LogP contribution >= 0.6 is 23.7 Å². The number of fused-ring (bicyclic) bond motifs is 1. The van der Waals surface area contributed by atoms with Crippen LogP contribution < -0.4 is 9.62 Å². The molecule has 0 saturated carbocycles. The summed E-state index contributed by atoms with van der Waals surface area (Å²) in [5.41, 5.74) is 0.360. The Morgan fingerprint density at radius 3 is 2.75 bits per heavy atom. The van der Waals surface area contributed by atoms with E-state index in [4.69, 9.17) is 0 Å². The number of aliphatic hydroxyl groups is 1. The molecule has 0 aliphatic rings. The Labute approximate surface area is 173 Å². The number of sulfonamides is 1. The number of aliphatic hydroxyl groups excluding tert-OH is 1. The maximum absolute atomic E-state index is 13.9. The van der Waals surface area contributed by atoms with Crippen molar-refractivity contribution < 1.29 is 17.9 Å². The van der Waals surface area contributed by atoms with Crippen molar-refractivity contribution in [2.75, 3.05) is 24.6 Å². The van der Waals surface area contributed by atoms with E-state index in [2.05, 4.69) is 9.71 Å². The minimum atomic E-state index is -3.74. The van der Waals surface area contributed by atoms with Crippen LogP contribution in [0.1, 0.15) is 6.92 Å². The van der Waals surface area contributed by atoms with Gasteiger partial charge in [-0.1, -0.05) is 6.07 Å². The molecule has 0 spiro atoms. The van der Waals surface area contributed by atoms with Crippen LogP contribution in [-0.4, -0.2) is 44.2 Å². The number of halogens is 2. The lowest BCUT2D eigenvalue weighted by molar-refractivity contribution is 0.300. The van der Waals surface area contributed by atoms with Crippen molar-refractivity contribution in [2.45, 2.75) is 17.9 Å². The number of pyridine rings is 1. The van der Waals surface area contributed by atoms with Gasteiger partial charge in [-0.3, -0.25) is 4.98 Å². The van der Waals surface area contributed by atoms with Crippen LogP contribution in [0.3, 0.4) is 0 Å². The smallest absolute Gasteiger partial charge is 0.240 e. The number of aromatic nitrogens is 1. The minimum Gasteiger partial charge on any atom is -0.395 e. The molecule has 3 rings (SSSR count). The zero-order chi connectivity index (χ0) is 19.4. The average molecular weight is 446 g/mol. The van der Waals surface area contributed by atoms with Gasteiger partial charge in [-0.25, -0.2) is 13.1 Å². The zero-order valence-corrected chi connectivity index (χ0v) is 17.5. The average Bonchev–Trinajstić information content (AvgIpc) is 3.06. The number of anilines is 1. The standard InChI is InChI=1S/C18H20FN3O3S2.ClH/c1-13(12-22(7-8-23)17-5-9-26-18(17)19)21-27(24,25)16-3-2-15-11-20-6-4-14(15)10-16;/h2-6,9-11,13,21,23H,7-8,12H2,1H3;1H/t13-;/m1./s1. The van der Waals surface area contributed by atoms with Crippen molar-refractivity contribution in [1.82, 2.24) is 9.71 Å². The van der Waals surface area contributed by atoms with E-state index >= 15 is 0 Å². The van der Waals surface area contributed by atoms with Crippen LogP contribution in [-0.2, 0) is 10.0 Å². The molecule has 3 aromatic rings. The van der Waals surface area contributed by atoms with Gasteiger partial charge in [-0.05, 0) is 42.0 Å². The molecule has 28 heavy (non-hydrogen) atoms. The minimum absolute atomic E-state index is 0. The molecule has 2 aromatic heterocycles. The number of rotatable bonds is 8. The topological polar surface area (TPSA) is 82.5 Å². The molecule has 0 bridgehead atoms. The predicted octanol–water partition coefficient (Wildman–Crippen LogP) is 3.02. The molecule has 0 radical (unpaired) electrons. The lowest BCUT2D eigenvalue weighted by Gasteiger charge is -2.26. The van der Waals surface area contributed by atoms with Crippen LogP contribution in [0.2, 0.25) is 0 Å². The molecule has 0 saturated heterocycles. The third-order valence-corrected chi connectivity index (χ3v) is 6.36. The molecule has 10 heteroatoms. The maximum atomic E-state index is 13.9. The first-order valence-corrected chi connectivity index (χ1v) is 10.7. The van der Waals surface area contributed by atoms with Crippen LogP contribution in [0.25, 0.3) is 10.8 Å². The molecular formula is C18H21ClFN3O3S2. The lowest BCUT2D eigenvalue weighted by Crippen LogP contribution is -2.43. The highest BCUT2D eigenvalue weighted by molar-refractivity contribution is 7.89. The molecule has 0 aliphatic carbocycles. The highest BCUT2D eigenvalue weighted by atomic mass is 35.5. The summed E-state index contributed by atoms with van der Waals surface area (Å²) in [4.78, 5) is 5.80. The Kier molecular flexibility index (Phi) is 7.73. The van der Waals surface area contributed by atoms with Gasteiger partial charge in [0.2, 0.25) is 10.0 Å². The van der Waals surface area contributed by atoms with Crippen molar-refractivity contribution in [3.05, 3.63) is 53.2 Å². The van der Waals surface area contributed by atoms with Crippen LogP contribution in [0.5, 0.6) is 0 Å². The summed E-state index contributed by atoms with van der Waals surface area (Å²) in [5.74, 6) is 0. The molecule has 0 fully saturated rings. The Hall–Kier alpha value is -1.78. The second kappa shape index (κ2) is 9.62. The molecule has 1 aromatic carbocycles. The maximum Gasteiger partial charge on any atom is 0.240 e. The summed E-state index contributed by atoms with van der Waals surface area (Å²) < 4.78 is 41.9. The Morgan fingerprint density at radius 2 is 2.07 bits per heavy atom. The molecule has 0 unspecified atom stereocenters. The first-order chi connectivity index (χ1) is 12.9. The first kappa shape index (κ1) is 22.5. The van der Waals surface area contributed by atoms with E-state index in [0.29, 0.717) is 5.69 Å². The molecule has 0 aliphatic heterocycles. The Morgan fingerprint density at radius 1 is 1.29 bits per heavy atom. The molecule has 2 N–H and O–H groups in total. The number of nitrogens with one attached hydrogen (secondary N) is 1. The molecule has 0 amide bonds. The number of benzene rings is 1. The van der Waals surface area contributed by atoms with Gasteiger partial charge in [0, 0.05) is 36.9 Å². The molecule has 152 valence electrons. The van der Waals surface area contributed by atoms with Crippen LogP contribution in [0, 0.1) is 5.13 Å². The zero-order valence-electron chi connectivity index (χ0n) is 15.1. The van der Waals surface area contributed by atoms with E-state index in [1.165, 1.54) is 6.07 Å². The Bertz CT molecular complexity index is 1030. The second-order valence-corrected chi connectivity index (χ2v) is 8.74. The normalized spacial score (nSPS) is 12.5. The summed E-state index contributed by atoms with van der Waals surface area (Å²) in [6.07, 6.45) is 3.28. The van der Waals surface area contributed by atoms with Gasteiger partial charge >= 0.3 is 0 Å². The summed E-state index contributed by atoms with van der Waals surface area (Å²) in [7, 11) is -3.74. The third-order valence-electron chi connectivity index (χ3n) is 4.08. The quantitative estimate of drug-likeness (QED) is 0.557. The SMILES string of the molecule is C[C@H](CN(CCO)c1ccsc1F)NS(=O)(=O)c1ccc2cnccc2c1.Cl. The monoisotopic (exact) mass is 445 g/mol. The van der Waals surface area contributed by atoms with Gasteiger partial charge < -0.3 is 10.0 Å². The van der Waals surface area contributed by atoms with Crippen molar-refractivity contribution in [1.29, 1.82) is 0 Å². The largest absolute Gasteiger partial charge is 0.395 e. The van der Waals surface area contributed by atoms with E-state index < -0.39 is 16.1 Å². The number of hydrogen-bond acceptors (Lipinski definition) is 6. The fourth-order valence-electron chi connectivity index (χ4n) is 2.87. The molecule has 6 nitrogen and oxygen atoms in total. The fourth-order valence-corrected chi connectivity index (χ4v) is 4.78. The van der Waals surface area contributed by atoms with Crippen molar-refractivity contribution >= 4 is 50.2 Å².